The van der Waals surface area contributed by atoms with Crippen LogP contribution >= 0.6 is 0 Å². The van der Waals surface area contributed by atoms with Gasteiger partial charge in [0.05, 0.1) is 25.4 Å². The second kappa shape index (κ2) is 7.26. The molecule has 1 aliphatic carbocycles. The zero-order valence-corrected chi connectivity index (χ0v) is 13.6. The molecule has 5 heteroatoms. The molecule has 2 saturated heterocycles. The Morgan fingerprint density at radius 2 is 1.91 bits per heavy atom. The molecule has 3 atom stereocenters. The maximum absolute atomic E-state index is 6.33. The van der Waals surface area contributed by atoms with Gasteiger partial charge in [-0.05, 0) is 43.4 Å². The number of hydrogen-bond acceptors (Lipinski definition) is 5. The van der Waals surface area contributed by atoms with E-state index in [-0.39, 0.29) is 12.2 Å². The van der Waals surface area contributed by atoms with Crippen LogP contribution in [0, 0.1) is 0 Å². The zero-order valence-electron chi connectivity index (χ0n) is 13.6. The Balaban J connectivity index is 1.44. The molecule has 5 nitrogen and oxygen atoms in total. The maximum Gasteiger partial charge on any atom is 0.0995 e. The molecule has 0 spiro atoms. The van der Waals surface area contributed by atoms with E-state index in [2.05, 4.69) is 9.88 Å². The fraction of sp³-hybridized carbons (Fsp3) is 0.722. The molecule has 1 aromatic rings. The maximum atomic E-state index is 6.33. The topological polar surface area (TPSA) is 43.8 Å². The van der Waals surface area contributed by atoms with E-state index in [0.717, 1.165) is 45.6 Å². The van der Waals surface area contributed by atoms with Gasteiger partial charge in [0.15, 0.2) is 0 Å². The van der Waals surface area contributed by atoms with Crippen molar-refractivity contribution in [3.8, 4) is 0 Å². The summed E-state index contributed by atoms with van der Waals surface area (Å²) in [6.07, 6.45) is 8.67. The minimum Gasteiger partial charge on any atom is -0.381 e. The molecule has 126 valence electrons. The molecule has 0 amide bonds. The normalized spacial score (nSPS) is 32.8. The van der Waals surface area contributed by atoms with Crippen molar-refractivity contribution in [2.24, 2.45) is 0 Å². The first-order valence-corrected chi connectivity index (χ1v) is 8.87. The minimum atomic E-state index is 0.188. The quantitative estimate of drug-likeness (QED) is 0.850. The second-order valence-electron chi connectivity index (χ2n) is 6.77. The van der Waals surface area contributed by atoms with Gasteiger partial charge in [-0.3, -0.25) is 9.88 Å². The average Bonchev–Trinajstić information content (AvgIpc) is 2.90. The van der Waals surface area contributed by atoms with Crippen LogP contribution in [0.4, 0.5) is 0 Å². The van der Waals surface area contributed by atoms with Crippen molar-refractivity contribution in [2.75, 3.05) is 26.4 Å². The third-order valence-electron chi connectivity index (χ3n) is 5.45. The van der Waals surface area contributed by atoms with Crippen molar-refractivity contribution in [2.45, 2.75) is 56.6 Å². The molecule has 0 N–H and O–H groups in total. The molecule has 23 heavy (non-hydrogen) atoms. The number of ether oxygens (including phenoxy) is 3. The van der Waals surface area contributed by atoms with Crippen LogP contribution in [0.5, 0.6) is 0 Å². The van der Waals surface area contributed by atoms with E-state index >= 15 is 0 Å². The molecule has 2 aliphatic heterocycles. The molecule has 1 aromatic heterocycles. The van der Waals surface area contributed by atoms with E-state index in [0.29, 0.717) is 18.7 Å². The lowest BCUT2D eigenvalue weighted by atomic mass is 10.0. The van der Waals surface area contributed by atoms with Gasteiger partial charge in [-0.25, -0.2) is 0 Å². The number of fused-ring (bicyclic) bond motifs is 2. The van der Waals surface area contributed by atoms with Crippen molar-refractivity contribution in [1.82, 2.24) is 9.88 Å². The van der Waals surface area contributed by atoms with Crippen molar-refractivity contribution in [1.29, 1.82) is 0 Å². The lowest BCUT2D eigenvalue weighted by molar-refractivity contribution is -0.0666. The van der Waals surface area contributed by atoms with Gasteiger partial charge in [0.25, 0.3) is 0 Å². The Bertz CT molecular complexity index is 492. The van der Waals surface area contributed by atoms with E-state index in [9.17, 15) is 0 Å². The predicted molar refractivity (Wildman–Crippen MR) is 86.1 cm³/mol. The molecular formula is C18H26N2O3. The summed E-state index contributed by atoms with van der Waals surface area (Å²) in [6.45, 7) is 4.28. The van der Waals surface area contributed by atoms with E-state index in [1.165, 1.54) is 12.0 Å². The highest BCUT2D eigenvalue weighted by Gasteiger charge is 2.45. The Kier molecular flexibility index (Phi) is 4.90. The van der Waals surface area contributed by atoms with Crippen LogP contribution in [0.3, 0.4) is 0 Å². The monoisotopic (exact) mass is 318 g/mol. The minimum absolute atomic E-state index is 0.188. The number of hydrogen-bond donors (Lipinski definition) is 0. The Hall–Kier alpha value is -1.01. The number of rotatable bonds is 4. The molecule has 0 radical (unpaired) electrons. The highest BCUT2D eigenvalue weighted by atomic mass is 16.5. The largest absolute Gasteiger partial charge is 0.381 e. The number of nitrogens with zero attached hydrogens (tertiary/aromatic N) is 2. The standard InChI is InChI=1S/C18H26N2O3/c1-2-17-18(23-13-14-3-7-19-8-4-14)16(1)20(9-12-22-17)15-5-10-21-11-6-15/h3-4,7-8,15-18H,1-2,5-6,9-13H2/t16-,17-,18-/m1/s1. The second-order valence-corrected chi connectivity index (χ2v) is 6.77. The Morgan fingerprint density at radius 1 is 1.09 bits per heavy atom. The fourth-order valence-electron chi connectivity index (χ4n) is 4.28. The van der Waals surface area contributed by atoms with Gasteiger partial charge in [0.1, 0.15) is 0 Å². The van der Waals surface area contributed by atoms with Crippen LogP contribution < -0.4 is 0 Å². The van der Waals surface area contributed by atoms with Crippen LogP contribution in [-0.2, 0) is 20.8 Å². The molecule has 3 fully saturated rings. The molecule has 3 heterocycles. The van der Waals surface area contributed by atoms with Gasteiger partial charge in [0, 0.05) is 44.2 Å². The van der Waals surface area contributed by atoms with Crippen LogP contribution in [0.15, 0.2) is 24.5 Å². The summed E-state index contributed by atoms with van der Waals surface area (Å²) in [6, 6.07) is 5.17. The van der Waals surface area contributed by atoms with Gasteiger partial charge < -0.3 is 14.2 Å². The first-order chi connectivity index (χ1) is 11.4. The molecule has 1 saturated carbocycles. The van der Waals surface area contributed by atoms with Crippen molar-refractivity contribution in [3.63, 3.8) is 0 Å². The van der Waals surface area contributed by atoms with Crippen molar-refractivity contribution >= 4 is 0 Å². The zero-order chi connectivity index (χ0) is 15.5. The van der Waals surface area contributed by atoms with Crippen molar-refractivity contribution in [3.05, 3.63) is 30.1 Å². The predicted octanol–water partition coefficient (Wildman–Crippen LogP) is 2.01. The van der Waals surface area contributed by atoms with Gasteiger partial charge >= 0.3 is 0 Å². The molecule has 3 aliphatic rings. The molecular weight excluding hydrogens is 292 g/mol. The van der Waals surface area contributed by atoms with Crippen LogP contribution in [0.2, 0.25) is 0 Å². The molecule has 2 bridgehead atoms. The van der Waals surface area contributed by atoms with Gasteiger partial charge in [-0.15, -0.1) is 0 Å². The average molecular weight is 318 g/mol. The summed E-state index contributed by atoms with van der Waals surface area (Å²) in [7, 11) is 0. The van der Waals surface area contributed by atoms with Crippen molar-refractivity contribution < 1.29 is 14.2 Å². The highest BCUT2D eigenvalue weighted by molar-refractivity contribution is 5.08. The third-order valence-corrected chi connectivity index (χ3v) is 5.45. The van der Waals surface area contributed by atoms with Crippen LogP contribution in [-0.4, -0.2) is 60.5 Å². The van der Waals surface area contributed by atoms with Gasteiger partial charge in [-0.1, -0.05) is 0 Å². The molecule has 0 aromatic carbocycles. The fourth-order valence-corrected chi connectivity index (χ4v) is 4.28. The summed E-state index contributed by atoms with van der Waals surface area (Å²) in [5, 5.41) is 0. The van der Waals surface area contributed by atoms with Gasteiger partial charge in [-0.2, -0.15) is 0 Å². The Morgan fingerprint density at radius 3 is 2.74 bits per heavy atom. The van der Waals surface area contributed by atoms with E-state index in [1.807, 2.05) is 24.5 Å². The third kappa shape index (κ3) is 3.43. The SMILES string of the molecule is c1cc(CO[C@@H]2[C@H]3CC[C@H]2OCCN3C2CCOCC2)ccn1. The summed E-state index contributed by atoms with van der Waals surface area (Å²) in [4.78, 5) is 6.73. The Labute approximate surface area is 137 Å². The first kappa shape index (κ1) is 15.5. The summed E-state index contributed by atoms with van der Waals surface area (Å²) in [5.74, 6) is 0. The first-order valence-electron chi connectivity index (χ1n) is 8.87. The summed E-state index contributed by atoms with van der Waals surface area (Å²) >= 11 is 0. The molecule has 4 rings (SSSR count). The van der Waals surface area contributed by atoms with E-state index in [4.69, 9.17) is 14.2 Å². The lowest BCUT2D eigenvalue weighted by Gasteiger charge is -2.39. The summed E-state index contributed by atoms with van der Waals surface area (Å²) in [5.41, 5.74) is 1.18. The van der Waals surface area contributed by atoms with E-state index < -0.39 is 0 Å². The number of pyridine rings is 1. The smallest absolute Gasteiger partial charge is 0.0995 e. The van der Waals surface area contributed by atoms with Crippen LogP contribution in [0.1, 0.15) is 31.2 Å². The number of aromatic nitrogens is 1. The summed E-state index contributed by atoms with van der Waals surface area (Å²) < 4.78 is 18.0. The van der Waals surface area contributed by atoms with Gasteiger partial charge in [0.2, 0.25) is 0 Å². The van der Waals surface area contributed by atoms with E-state index in [1.54, 1.807) is 0 Å². The molecule has 0 unspecified atom stereocenters. The highest BCUT2D eigenvalue weighted by Crippen LogP contribution is 2.35. The lowest BCUT2D eigenvalue weighted by Crippen LogP contribution is -2.50. The van der Waals surface area contributed by atoms with Crippen LogP contribution in [0.25, 0.3) is 0 Å².